The van der Waals surface area contributed by atoms with Crippen molar-refractivity contribution in [3.8, 4) is 10.7 Å². The first-order valence-electron chi connectivity index (χ1n) is 5.52. The Balaban J connectivity index is 2.13. The molecule has 3 rings (SSSR count). The van der Waals surface area contributed by atoms with Crippen LogP contribution in [0.1, 0.15) is 10.4 Å². The van der Waals surface area contributed by atoms with Crippen molar-refractivity contribution in [2.75, 3.05) is 0 Å². The van der Waals surface area contributed by atoms with E-state index in [2.05, 4.69) is 35.1 Å². The second-order valence-electron chi connectivity index (χ2n) is 4.05. The lowest BCUT2D eigenvalue weighted by Gasteiger charge is -1.94. The zero-order valence-electron chi connectivity index (χ0n) is 9.53. The minimum atomic E-state index is 0.558. The average Bonchev–Trinajstić information content (AvgIpc) is 2.93. The standard InChI is InChI=1S/C13H13N3S/c1-8-2-5-12(17-8)13-15-10-4-3-9(7-14)6-11(10)16-13/h2-6H,7,14H2,1H3,(H,15,16). The first kappa shape index (κ1) is 10.5. The SMILES string of the molecule is Cc1ccc(-c2nc3ccc(CN)cc3[nH]2)s1. The van der Waals surface area contributed by atoms with Crippen LogP contribution < -0.4 is 5.73 Å². The lowest BCUT2D eigenvalue weighted by atomic mass is 10.2. The van der Waals surface area contributed by atoms with Crippen LogP contribution in [-0.4, -0.2) is 9.97 Å². The largest absolute Gasteiger partial charge is 0.337 e. The number of aryl methyl sites for hydroxylation is 1. The van der Waals surface area contributed by atoms with Gasteiger partial charge in [0.15, 0.2) is 0 Å². The molecule has 0 atom stereocenters. The van der Waals surface area contributed by atoms with E-state index in [1.807, 2.05) is 12.1 Å². The molecule has 1 aromatic carbocycles. The van der Waals surface area contributed by atoms with Gasteiger partial charge in [0.05, 0.1) is 15.9 Å². The van der Waals surface area contributed by atoms with E-state index in [1.54, 1.807) is 11.3 Å². The van der Waals surface area contributed by atoms with E-state index in [1.165, 1.54) is 9.75 Å². The molecule has 0 radical (unpaired) electrons. The van der Waals surface area contributed by atoms with Gasteiger partial charge in [-0.25, -0.2) is 4.98 Å². The minimum absolute atomic E-state index is 0.558. The molecule has 3 N–H and O–H groups in total. The van der Waals surface area contributed by atoms with Gasteiger partial charge in [-0.05, 0) is 36.8 Å². The quantitative estimate of drug-likeness (QED) is 0.726. The number of nitrogens with zero attached hydrogens (tertiary/aromatic N) is 1. The molecule has 0 bridgehead atoms. The van der Waals surface area contributed by atoms with Gasteiger partial charge in [-0.1, -0.05) is 6.07 Å². The fourth-order valence-electron chi connectivity index (χ4n) is 1.86. The first-order valence-corrected chi connectivity index (χ1v) is 6.33. The van der Waals surface area contributed by atoms with Gasteiger partial charge in [0.1, 0.15) is 5.82 Å². The van der Waals surface area contributed by atoms with E-state index in [-0.39, 0.29) is 0 Å². The molecule has 0 aliphatic rings. The van der Waals surface area contributed by atoms with Gasteiger partial charge < -0.3 is 10.7 Å². The Morgan fingerprint density at radius 2 is 2.18 bits per heavy atom. The molecule has 2 heterocycles. The lowest BCUT2D eigenvalue weighted by molar-refractivity contribution is 1.07. The number of hydrogen-bond donors (Lipinski definition) is 2. The van der Waals surface area contributed by atoms with Crippen molar-refractivity contribution < 1.29 is 0 Å². The number of imidazole rings is 1. The maximum atomic E-state index is 5.63. The Labute approximate surface area is 103 Å². The second kappa shape index (κ2) is 3.98. The first-order chi connectivity index (χ1) is 8.26. The van der Waals surface area contributed by atoms with Crippen LogP contribution in [0, 0.1) is 6.92 Å². The zero-order valence-corrected chi connectivity index (χ0v) is 10.3. The number of fused-ring (bicyclic) bond motifs is 1. The Morgan fingerprint density at radius 3 is 2.88 bits per heavy atom. The molecule has 0 amide bonds. The molecule has 0 aliphatic carbocycles. The molecule has 2 aromatic heterocycles. The van der Waals surface area contributed by atoms with Crippen LogP contribution in [0.15, 0.2) is 30.3 Å². The fraction of sp³-hybridized carbons (Fsp3) is 0.154. The van der Waals surface area contributed by atoms with E-state index >= 15 is 0 Å². The third-order valence-electron chi connectivity index (χ3n) is 2.76. The molecule has 0 saturated carbocycles. The van der Waals surface area contributed by atoms with Crippen LogP contribution in [0.2, 0.25) is 0 Å². The van der Waals surface area contributed by atoms with Crippen molar-refractivity contribution in [3.05, 3.63) is 40.8 Å². The van der Waals surface area contributed by atoms with Crippen molar-refractivity contribution in [2.24, 2.45) is 5.73 Å². The Kier molecular flexibility index (Phi) is 2.46. The van der Waals surface area contributed by atoms with Crippen molar-refractivity contribution >= 4 is 22.4 Å². The van der Waals surface area contributed by atoms with E-state index < -0.39 is 0 Å². The highest BCUT2D eigenvalue weighted by molar-refractivity contribution is 7.15. The maximum absolute atomic E-state index is 5.63. The summed E-state index contributed by atoms with van der Waals surface area (Å²) >= 11 is 1.75. The van der Waals surface area contributed by atoms with Crippen LogP contribution >= 0.6 is 11.3 Å². The molecule has 17 heavy (non-hydrogen) atoms. The number of H-pyrrole nitrogens is 1. The smallest absolute Gasteiger partial charge is 0.148 e. The molecule has 0 fully saturated rings. The molecule has 3 nitrogen and oxygen atoms in total. The summed E-state index contributed by atoms with van der Waals surface area (Å²) in [7, 11) is 0. The average molecular weight is 243 g/mol. The van der Waals surface area contributed by atoms with Crippen molar-refractivity contribution in [1.82, 2.24) is 9.97 Å². The highest BCUT2D eigenvalue weighted by atomic mass is 32.1. The minimum Gasteiger partial charge on any atom is -0.337 e. The van der Waals surface area contributed by atoms with Gasteiger partial charge in [-0.15, -0.1) is 11.3 Å². The molecule has 3 aromatic rings. The molecule has 86 valence electrons. The van der Waals surface area contributed by atoms with Crippen LogP contribution in [-0.2, 0) is 6.54 Å². The molecule has 0 saturated heterocycles. The predicted molar refractivity (Wildman–Crippen MR) is 72.0 cm³/mol. The van der Waals surface area contributed by atoms with Gasteiger partial charge >= 0.3 is 0 Å². The molecule has 4 heteroatoms. The molecular formula is C13H13N3S. The Morgan fingerprint density at radius 1 is 1.29 bits per heavy atom. The van der Waals surface area contributed by atoms with Gasteiger partial charge in [-0.3, -0.25) is 0 Å². The number of nitrogens with two attached hydrogens (primary N) is 1. The van der Waals surface area contributed by atoms with Crippen molar-refractivity contribution in [1.29, 1.82) is 0 Å². The Bertz CT molecular complexity index is 666. The third kappa shape index (κ3) is 1.85. The van der Waals surface area contributed by atoms with Crippen LogP contribution in [0.5, 0.6) is 0 Å². The van der Waals surface area contributed by atoms with E-state index in [9.17, 15) is 0 Å². The predicted octanol–water partition coefficient (Wildman–Crippen LogP) is 3.06. The fourth-order valence-corrected chi connectivity index (χ4v) is 2.67. The monoisotopic (exact) mass is 243 g/mol. The highest BCUT2D eigenvalue weighted by Gasteiger charge is 2.07. The maximum Gasteiger partial charge on any atom is 0.148 e. The van der Waals surface area contributed by atoms with E-state index in [4.69, 9.17) is 5.73 Å². The summed E-state index contributed by atoms with van der Waals surface area (Å²) in [5.74, 6) is 0.937. The molecule has 0 unspecified atom stereocenters. The summed E-state index contributed by atoms with van der Waals surface area (Å²) in [5.41, 5.74) is 8.79. The third-order valence-corrected chi connectivity index (χ3v) is 3.76. The van der Waals surface area contributed by atoms with Gasteiger partial charge in [0, 0.05) is 11.4 Å². The number of rotatable bonds is 2. The van der Waals surface area contributed by atoms with Crippen LogP contribution in [0.25, 0.3) is 21.7 Å². The number of aromatic nitrogens is 2. The summed E-state index contributed by atoms with van der Waals surface area (Å²) < 4.78 is 0. The lowest BCUT2D eigenvalue weighted by Crippen LogP contribution is -1.95. The summed E-state index contributed by atoms with van der Waals surface area (Å²) in [6.45, 7) is 2.66. The highest BCUT2D eigenvalue weighted by Crippen LogP contribution is 2.27. The van der Waals surface area contributed by atoms with Gasteiger partial charge in [0.25, 0.3) is 0 Å². The number of thiophene rings is 1. The summed E-state index contributed by atoms with van der Waals surface area (Å²) in [5, 5.41) is 0. The molecular weight excluding hydrogens is 230 g/mol. The number of nitrogens with one attached hydrogen (secondary N) is 1. The van der Waals surface area contributed by atoms with Crippen molar-refractivity contribution in [3.63, 3.8) is 0 Å². The Hall–Kier alpha value is -1.65. The van der Waals surface area contributed by atoms with Crippen LogP contribution in [0.3, 0.4) is 0 Å². The number of benzene rings is 1. The van der Waals surface area contributed by atoms with E-state index in [0.717, 1.165) is 22.4 Å². The molecule has 0 aliphatic heterocycles. The second-order valence-corrected chi connectivity index (χ2v) is 5.34. The van der Waals surface area contributed by atoms with Crippen molar-refractivity contribution in [2.45, 2.75) is 13.5 Å². The number of aromatic amines is 1. The summed E-state index contributed by atoms with van der Waals surface area (Å²) in [6, 6.07) is 10.3. The van der Waals surface area contributed by atoms with E-state index in [0.29, 0.717) is 6.54 Å². The number of hydrogen-bond acceptors (Lipinski definition) is 3. The van der Waals surface area contributed by atoms with Gasteiger partial charge in [0.2, 0.25) is 0 Å². The zero-order chi connectivity index (χ0) is 11.8. The summed E-state index contributed by atoms with van der Waals surface area (Å²) in [6.07, 6.45) is 0. The van der Waals surface area contributed by atoms with Gasteiger partial charge in [-0.2, -0.15) is 0 Å². The summed E-state index contributed by atoms with van der Waals surface area (Å²) in [4.78, 5) is 10.4. The topological polar surface area (TPSA) is 54.7 Å². The molecule has 0 spiro atoms. The van der Waals surface area contributed by atoms with Crippen LogP contribution in [0.4, 0.5) is 0 Å². The normalized spacial score (nSPS) is 11.2.